The second-order valence-corrected chi connectivity index (χ2v) is 8.88. The summed E-state index contributed by atoms with van der Waals surface area (Å²) in [5.41, 5.74) is 1.04. The topological polar surface area (TPSA) is 114 Å². The zero-order valence-corrected chi connectivity index (χ0v) is 18.0. The highest BCUT2D eigenvalue weighted by molar-refractivity contribution is 6.12. The van der Waals surface area contributed by atoms with Crippen LogP contribution in [0.2, 0.25) is 0 Å². The number of hydrogen-bond donors (Lipinski definition) is 2. The average molecular weight is 459 g/mol. The van der Waals surface area contributed by atoms with Gasteiger partial charge in [0.1, 0.15) is 6.54 Å². The molecule has 9 heteroatoms. The van der Waals surface area contributed by atoms with Gasteiger partial charge in [-0.2, -0.15) is 0 Å². The molecule has 6 rings (SSSR count). The van der Waals surface area contributed by atoms with E-state index < -0.39 is 11.8 Å². The average Bonchev–Trinajstić information content (AvgIpc) is 3.60. The zero-order chi connectivity index (χ0) is 23.4. The monoisotopic (exact) mass is 459 g/mol. The number of para-hydroxylation sites is 1. The van der Waals surface area contributed by atoms with Gasteiger partial charge in [-0.3, -0.25) is 24.1 Å². The minimum Gasteiger partial charge on any atom is -0.454 e. The summed E-state index contributed by atoms with van der Waals surface area (Å²) in [7, 11) is 0. The van der Waals surface area contributed by atoms with Gasteiger partial charge < -0.3 is 20.1 Å². The molecule has 9 nitrogen and oxygen atoms in total. The number of nitrogens with zero attached hydrogens (tertiary/aromatic N) is 1. The summed E-state index contributed by atoms with van der Waals surface area (Å²) in [5, 5.41) is 5.47. The third kappa shape index (κ3) is 3.23. The van der Waals surface area contributed by atoms with Crippen LogP contribution in [0.3, 0.4) is 0 Å². The van der Waals surface area contributed by atoms with Crippen LogP contribution in [0.4, 0.5) is 11.4 Å². The summed E-state index contributed by atoms with van der Waals surface area (Å²) in [6.07, 6.45) is 4.85. The Bertz CT molecular complexity index is 1240. The maximum atomic E-state index is 12.9. The largest absolute Gasteiger partial charge is 0.454 e. The van der Waals surface area contributed by atoms with Gasteiger partial charge in [-0.1, -0.05) is 24.3 Å². The van der Waals surface area contributed by atoms with E-state index in [-0.39, 0.29) is 60.1 Å². The Morgan fingerprint density at radius 2 is 1.62 bits per heavy atom. The second-order valence-electron chi connectivity index (χ2n) is 8.88. The summed E-state index contributed by atoms with van der Waals surface area (Å²) in [5.74, 6) is -0.931. The van der Waals surface area contributed by atoms with Crippen LogP contribution >= 0.6 is 0 Å². The molecule has 0 radical (unpaired) electrons. The molecule has 0 spiro atoms. The van der Waals surface area contributed by atoms with Crippen molar-refractivity contribution in [3.05, 3.63) is 60.2 Å². The Morgan fingerprint density at radius 3 is 2.38 bits per heavy atom. The summed E-state index contributed by atoms with van der Waals surface area (Å²) in [4.78, 5) is 52.4. The molecule has 4 aliphatic rings. The highest BCUT2D eigenvalue weighted by Crippen LogP contribution is 2.52. The van der Waals surface area contributed by atoms with Crippen molar-refractivity contribution in [1.82, 2.24) is 4.90 Å². The summed E-state index contributed by atoms with van der Waals surface area (Å²) in [6, 6.07) is 11.6. The first-order valence-electron chi connectivity index (χ1n) is 11.1. The number of carbonyl (C=O) groups excluding carboxylic acids is 4. The fourth-order valence-corrected chi connectivity index (χ4v) is 5.42. The number of carbonyl (C=O) groups is 4. The highest BCUT2D eigenvalue weighted by Gasteiger charge is 2.59. The predicted molar refractivity (Wildman–Crippen MR) is 120 cm³/mol. The van der Waals surface area contributed by atoms with Crippen molar-refractivity contribution >= 4 is 35.0 Å². The standard InChI is InChI=1S/C25H21N3O6/c29-20(11-28-24(31)21-13-5-6-14(9-13)22(21)25(28)32)27-17-4-2-1-3-16(17)23(30)26-15-7-8-18-19(10-15)34-12-33-18/h1-8,10,13-14,21-22H,9,11-12H2,(H,26,30)(H,27,29)/t13-,14-,21-,22-/m0/s1. The van der Waals surface area contributed by atoms with Gasteiger partial charge in [0.05, 0.1) is 23.1 Å². The number of amides is 4. The van der Waals surface area contributed by atoms with Crippen molar-refractivity contribution in [3.8, 4) is 11.5 Å². The quantitative estimate of drug-likeness (QED) is 0.524. The molecule has 2 aromatic carbocycles. The number of hydrogen-bond acceptors (Lipinski definition) is 6. The molecule has 4 amide bonds. The number of rotatable bonds is 5. The third-order valence-corrected chi connectivity index (χ3v) is 6.94. The number of imide groups is 1. The van der Waals surface area contributed by atoms with Crippen molar-refractivity contribution in [2.24, 2.45) is 23.7 Å². The van der Waals surface area contributed by atoms with E-state index in [2.05, 4.69) is 10.6 Å². The normalized spacial score (nSPS) is 25.6. The number of benzene rings is 2. The van der Waals surface area contributed by atoms with Gasteiger partial charge in [-0.25, -0.2) is 0 Å². The molecule has 4 atom stereocenters. The van der Waals surface area contributed by atoms with Crippen LogP contribution in [0.5, 0.6) is 11.5 Å². The number of allylic oxidation sites excluding steroid dienone is 2. The molecule has 34 heavy (non-hydrogen) atoms. The van der Waals surface area contributed by atoms with Crippen molar-refractivity contribution in [2.45, 2.75) is 6.42 Å². The molecule has 0 unspecified atom stereocenters. The Hall–Kier alpha value is -4.14. The van der Waals surface area contributed by atoms with Gasteiger partial charge >= 0.3 is 0 Å². The molecule has 2 aliphatic carbocycles. The number of likely N-dealkylation sites (tertiary alicyclic amines) is 1. The van der Waals surface area contributed by atoms with Gasteiger partial charge in [-0.05, 0) is 42.5 Å². The molecule has 2 N–H and O–H groups in total. The smallest absolute Gasteiger partial charge is 0.257 e. The molecule has 172 valence electrons. The molecular formula is C25H21N3O6. The maximum Gasteiger partial charge on any atom is 0.257 e. The molecule has 0 aromatic heterocycles. The predicted octanol–water partition coefficient (Wildman–Crippen LogP) is 2.41. The summed E-state index contributed by atoms with van der Waals surface area (Å²) < 4.78 is 10.6. The minimum absolute atomic E-state index is 0.0834. The first kappa shape index (κ1) is 20.5. The van der Waals surface area contributed by atoms with E-state index in [4.69, 9.17) is 9.47 Å². The maximum absolute atomic E-state index is 12.9. The lowest BCUT2D eigenvalue weighted by molar-refractivity contribution is -0.143. The number of anilines is 2. The van der Waals surface area contributed by atoms with Crippen LogP contribution in [-0.2, 0) is 14.4 Å². The Morgan fingerprint density at radius 1 is 0.912 bits per heavy atom. The van der Waals surface area contributed by atoms with E-state index in [0.717, 1.165) is 11.3 Å². The first-order valence-corrected chi connectivity index (χ1v) is 11.1. The van der Waals surface area contributed by atoms with E-state index in [0.29, 0.717) is 17.2 Å². The van der Waals surface area contributed by atoms with E-state index in [1.165, 1.54) is 0 Å². The van der Waals surface area contributed by atoms with Gasteiger partial charge in [0.2, 0.25) is 24.5 Å². The summed E-state index contributed by atoms with van der Waals surface area (Å²) >= 11 is 0. The molecular weight excluding hydrogens is 438 g/mol. The molecule has 1 saturated heterocycles. The number of nitrogens with one attached hydrogen (secondary N) is 2. The lowest BCUT2D eigenvalue weighted by atomic mass is 9.85. The molecule has 2 bridgehead atoms. The zero-order valence-electron chi connectivity index (χ0n) is 18.0. The number of ether oxygens (including phenoxy) is 2. The second kappa shape index (κ2) is 7.72. The van der Waals surface area contributed by atoms with Crippen molar-refractivity contribution < 1.29 is 28.7 Å². The van der Waals surface area contributed by atoms with Crippen LogP contribution in [0.25, 0.3) is 0 Å². The van der Waals surface area contributed by atoms with E-state index in [1.54, 1.807) is 42.5 Å². The molecule has 2 aromatic rings. The van der Waals surface area contributed by atoms with Crippen LogP contribution in [0, 0.1) is 23.7 Å². The SMILES string of the molecule is O=C(CN1C(=O)[C@@H]2[C@@H](C1=O)[C@H]1C=C[C@H]2C1)Nc1ccccc1C(=O)Nc1ccc2c(c1)OCO2. The third-order valence-electron chi connectivity index (χ3n) is 6.94. The number of fused-ring (bicyclic) bond motifs is 6. The molecule has 1 saturated carbocycles. The molecule has 2 aliphatic heterocycles. The van der Waals surface area contributed by atoms with Crippen molar-refractivity contribution in [1.29, 1.82) is 0 Å². The fraction of sp³-hybridized carbons (Fsp3) is 0.280. The van der Waals surface area contributed by atoms with Crippen LogP contribution in [0.15, 0.2) is 54.6 Å². The fourth-order valence-electron chi connectivity index (χ4n) is 5.42. The van der Waals surface area contributed by atoms with E-state index in [1.807, 2.05) is 12.2 Å². The van der Waals surface area contributed by atoms with Crippen molar-refractivity contribution in [3.63, 3.8) is 0 Å². The summed E-state index contributed by atoms with van der Waals surface area (Å²) in [6.45, 7) is -0.245. The first-order chi connectivity index (χ1) is 16.5. The Balaban J connectivity index is 1.14. The highest BCUT2D eigenvalue weighted by atomic mass is 16.7. The van der Waals surface area contributed by atoms with Crippen LogP contribution < -0.4 is 20.1 Å². The van der Waals surface area contributed by atoms with E-state index in [9.17, 15) is 19.2 Å². The lowest BCUT2D eigenvalue weighted by Crippen LogP contribution is -2.39. The Kier molecular flexibility index (Phi) is 4.65. The Labute approximate surface area is 194 Å². The van der Waals surface area contributed by atoms with Crippen LogP contribution in [-0.4, -0.2) is 41.9 Å². The van der Waals surface area contributed by atoms with Gasteiger partial charge in [0.25, 0.3) is 5.91 Å². The van der Waals surface area contributed by atoms with Crippen LogP contribution in [0.1, 0.15) is 16.8 Å². The van der Waals surface area contributed by atoms with Gasteiger partial charge in [0, 0.05) is 11.8 Å². The van der Waals surface area contributed by atoms with Gasteiger partial charge in [-0.15, -0.1) is 0 Å². The molecule has 2 fully saturated rings. The van der Waals surface area contributed by atoms with Gasteiger partial charge in [0.15, 0.2) is 11.5 Å². The molecule has 2 heterocycles. The minimum atomic E-state index is -0.537. The van der Waals surface area contributed by atoms with E-state index >= 15 is 0 Å². The lowest BCUT2D eigenvalue weighted by Gasteiger charge is -2.17. The van der Waals surface area contributed by atoms with Crippen molar-refractivity contribution in [2.75, 3.05) is 24.0 Å².